The van der Waals surface area contributed by atoms with Gasteiger partial charge in [-0.2, -0.15) is 0 Å². The van der Waals surface area contributed by atoms with Gasteiger partial charge in [-0.1, -0.05) is 56.8 Å². The second-order valence-corrected chi connectivity index (χ2v) is 9.72. The number of thioether (sulfide) groups is 1. The van der Waals surface area contributed by atoms with Gasteiger partial charge in [0.15, 0.2) is 5.16 Å². The Morgan fingerprint density at radius 2 is 1.87 bits per heavy atom. The summed E-state index contributed by atoms with van der Waals surface area (Å²) in [5, 5.41) is 12.6. The zero-order chi connectivity index (χ0) is 21.9. The lowest BCUT2D eigenvalue weighted by atomic mass is 9.87. The number of aromatic nitrogens is 4. The van der Waals surface area contributed by atoms with Crippen LogP contribution in [0.15, 0.2) is 35.7 Å². The van der Waals surface area contributed by atoms with E-state index in [0.29, 0.717) is 6.54 Å². The number of rotatable bonds is 7. The summed E-state index contributed by atoms with van der Waals surface area (Å²) in [4.78, 5) is 5.03. The molecule has 160 valence electrons. The number of nitrogens with one attached hydrogen (secondary N) is 1. The molecule has 3 aromatic rings. The van der Waals surface area contributed by atoms with Gasteiger partial charge in [0.1, 0.15) is 6.33 Å². The van der Waals surface area contributed by atoms with Crippen LogP contribution < -0.4 is 11.1 Å². The third kappa shape index (κ3) is 5.02. The number of hydrogen-bond acceptors (Lipinski definition) is 6. The number of anilines is 1. The van der Waals surface area contributed by atoms with E-state index in [-0.39, 0.29) is 5.41 Å². The lowest BCUT2D eigenvalue weighted by molar-refractivity contribution is 0.406. The minimum atomic E-state index is 0.139. The standard InChI is InChI=1S/C23H32N6S/c1-15-18(13-30-22-28-26-14-29(22)6)20(17-9-7-16(12-24)8-10-17)21(25-5)19(27-15)11-23(2,3)4/h7-10,14,25H,11-13,24H2,1-6H3. The molecule has 3 N–H and O–H groups in total. The predicted molar refractivity (Wildman–Crippen MR) is 126 cm³/mol. The van der Waals surface area contributed by atoms with Crippen molar-refractivity contribution in [3.05, 3.63) is 53.1 Å². The zero-order valence-corrected chi connectivity index (χ0v) is 19.6. The van der Waals surface area contributed by atoms with E-state index in [4.69, 9.17) is 10.7 Å². The second-order valence-electron chi connectivity index (χ2n) is 8.77. The van der Waals surface area contributed by atoms with Crippen molar-refractivity contribution >= 4 is 17.4 Å². The highest BCUT2D eigenvalue weighted by Crippen LogP contribution is 2.39. The van der Waals surface area contributed by atoms with Crippen molar-refractivity contribution in [2.75, 3.05) is 12.4 Å². The summed E-state index contributed by atoms with van der Waals surface area (Å²) >= 11 is 1.68. The topological polar surface area (TPSA) is 81.7 Å². The first kappa shape index (κ1) is 22.3. The maximum Gasteiger partial charge on any atom is 0.191 e. The molecule has 1 aromatic carbocycles. The summed E-state index contributed by atoms with van der Waals surface area (Å²) in [5.74, 6) is 0.768. The van der Waals surface area contributed by atoms with Crippen LogP contribution in [0.1, 0.15) is 43.3 Å². The molecule has 0 amide bonds. The van der Waals surface area contributed by atoms with Gasteiger partial charge in [-0.15, -0.1) is 10.2 Å². The summed E-state index contributed by atoms with van der Waals surface area (Å²) in [6.07, 6.45) is 2.62. The molecule has 6 nitrogen and oxygen atoms in total. The third-order valence-corrected chi connectivity index (χ3v) is 6.08. The monoisotopic (exact) mass is 424 g/mol. The van der Waals surface area contributed by atoms with E-state index >= 15 is 0 Å². The van der Waals surface area contributed by atoms with E-state index in [2.05, 4.69) is 67.5 Å². The minimum Gasteiger partial charge on any atom is -0.386 e. The molecule has 7 heteroatoms. The summed E-state index contributed by atoms with van der Waals surface area (Å²) in [7, 11) is 3.95. The average Bonchev–Trinajstić information content (AvgIpc) is 3.10. The predicted octanol–water partition coefficient (Wildman–Crippen LogP) is 4.57. The lowest BCUT2D eigenvalue weighted by Gasteiger charge is -2.24. The van der Waals surface area contributed by atoms with Crippen molar-refractivity contribution < 1.29 is 0 Å². The molecule has 2 aromatic heterocycles. The van der Waals surface area contributed by atoms with Crippen molar-refractivity contribution in [1.29, 1.82) is 0 Å². The minimum absolute atomic E-state index is 0.139. The summed E-state index contributed by atoms with van der Waals surface area (Å²) in [6.45, 7) is 9.39. The molecule has 0 aliphatic rings. The van der Waals surface area contributed by atoms with E-state index in [1.165, 1.54) is 16.7 Å². The molecule has 0 bridgehead atoms. The third-order valence-electron chi connectivity index (χ3n) is 5.02. The van der Waals surface area contributed by atoms with Gasteiger partial charge in [0.2, 0.25) is 0 Å². The quantitative estimate of drug-likeness (QED) is 0.541. The Hall–Kier alpha value is -2.38. The van der Waals surface area contributed by atoms with E-state index in [0.717, 1.165) is 40.0 Å². The molecule has 0 aliphatic carbocycles. The normalized spacial score (nSPS) is 11.7. The SMILES string of the molecule is CNc1c(CC(C)(C)C)nc(C)c(CSc2nncn2C)c1-c1ccc(CN)cc1. The average molecular weight is 425 g/mol. The van der Waals surface area contributed by atoms with Crippen LogP contribution in [-0.4, -0.2) is 26.8 Å². The van der Waals surface area contributed by atoms with Crippen LogP contribution in [0.2, 0.25) is 0 Å². The van der Waals surface area contributed by atoms with Crippen molar-refractivity contribution in [2.24, 2.45) is 18.2 Å². The molecule has 0 saturated carbocycles. The van der Waals surface area contributed by atoms with E-state index in [1.54, 1.807) is 18.1 Å². The molecule has 0 saturated heterocycles. The van der Waals surface area contributed by atoms with Gasteiger partial charge in [0.05, 0.1) is 11.4 Å². The van der Waals surface area contributed by atoms with Crippen LogP contribution >= 0.6 is 11.8 Å². The molecule has 0 unspecified atom stereocenters. The molecular weight excluding hydrogens is 392 g/mol. The maximum atomic E-state index is 5.82. The number of pyridine rings is 1. The summed E-state index contributed by atoms with van der Waals surface area (Å²) in [5.41, 5.74) is 13.9. The van der Waals surface area contributed by atoms with Gasteiger partial charge in [-0.05, 0) is 35.4 Å². The van der Waals surface area contributed by atoms with Crippen molar-refractivity contribution in [3.63, 3.8) is 0 Å². The van der Waals surface area contributed by atoms with E-state index < -0.39 is 0 Å². The largest absolute Gasteiger partial charge is 0.386 e. The van der Waals surface area contributed by atoms with Crippen LogP contribution in [0.5, 0.6) is 0 Å². The molecular formula is C23H32N6S. The molecule has 0 atom stereocenters. The first-order valence-corrected chi connectivity index (χ1v) is 11.2. The van der Waals surface area contributed by atoms with Crippen LogP contribution in [0.3, 0.4) is 0 Å². The van der Waals surface area contributed by atoms with Crippen molar-refractivity contribution in [3.8, 4) is 11.1 Å². The molecule has 0 spiro atoms. The maximum absolute atomic E-state index is 5.82. The first-order valence-electron chi connectivity index (χ1n) is 10.2. The highest BCUT2D eigenvalue weighted by Gasteiger charge is 2.22. The Bertz CT molecular complexity index is 1000. The molecule has 2 heterocycles. The Morgan fingerprint density at radius 3 is 2.40 bits per heavy atom. The molecule has 0 radical (unpaired) electrons. The second kappa shape index (κ2) is 9.18. The van der Waals surface area contributed by atoms with Gasteiger partial charge in [-0.3, -0.25) is 4.98 Å². The number of hydrogen-bond donors (Lipinski definition) is 2. The van der Waals surface area contributed by atoms with E-state index in [9.17, 15) is 0 Å². The van der Waals surface area contributed by atoms with Crippen LogP contribution in [0.4, 0.5) is 5.69 Å². The van der Waals surface area contributed by atoms with Gasteiger partial charge in [0.25, 0.3) is 0 Å². The van der Waals surface area contributed by atoms with Gasteiger partial charge < -0.3 is 15.6 Å². The van der Waals surface area contributed by atoms with Crippen LogP contribution in [-0.2, 0) is 25.8 Å². The molecule has 0 aliphatic heterocycles. The number of nitrogens with two attached hydrogens (primary N) is 1. The highest BCUT2D eigenvalue weighted by molar-refractivity contribution is 7.98. The van der Waals surface area contributed by atoms with Gasteiger partial charge in [0, 0.05) is 37.7 Å². The van der Waals surface area contributed by atoms with Crippen LogP contribution in [0, 0.1) is 12.3 Å². The number of nitrogens with zero attached hydrogens (tertiary/aromatic N) is 4. The van der Waals surface area contributed by atoms with Crippen molar-refractivity contribution in [2.45, 2.75) is 51.6 Å². The summed E-state index contributed by atoms with van der Waals surface area (Å²) in [6, 6.07) is 8.53. The lowest BCUT2D eigenvalue weighted by Crippen LogP contribution is -2.15. The smallest absolute Gasteiger partial charge is 0.191 e. The van der Waals surface area contributed by atoms with Gasteiger partial charge in [-0.25, -0.2) is 0 Å². The molecule has 3 rings (SSSR count). The highest BCUT2D eigenvalue weighted by atomic mass is 32.2. The Balaban J connectivity index is 2.14. The Labute approximate surface area is 183 Å². The Morgan fingerprint density at radius 1 is 1.17 bits per heavy atom. The van der Waals surface area contributed by atoms with Gasteiger partial charge >= 0.3 is 0 Å². The van der Waals surface area contributed by atoms with Crippen molar-refractivity contribution in [1.82, 2.24) is 19.7 Å². The zero-order valence-electron chi connectivity index (χ0n) is 18.8. The fraction of sp³-hybridized carbons (Fsp3) is 0.435. The number of benzene rings is 1. The first-order chi connectivity index (χ1) is 14.2. The molecule has 30 heavy (non-hydrogen) atoms. The van der Waals surface area contributed by atoms with E-state index in [1.807, 2.05) is 18.7 Å². The molecule has 0 fully saturated rings. The fourth-order valence-electron chi connectivity index (χ4n) is 3.54. The Kier molecular flexibility index (Phi) is 6.83. The number of aryl methyl sites for hydroxylation is 2. The summed E-state index contributed by atoms with van der Waals surface area (Å²) < 4.78 is 1.94. The van der Waals surface area contributed by atoms with Crippen LogP contribution in [0.25, 0.3) is 11.1 Å². The fourth-order valence-corrected chi connectivity index (χ4v) is 4.53.